The van der Waals surface area contributed by atoms with Gasteiger partial charge in [0.15, 0.2) is 0 Å². The standard InChI is InChI=1S/C29H29N3O/c1-3-30-29(33)23-13-8-12-22-19-10-7-11-21(19)27(31-28(22)23)18-15-16-26-24(17-18)20-9-5-6-14-25(20)32(26)4-2/h5-10,12-17,19,21,27,31H,3-4,11H2,1-2H3,(H,30,33). The molecule has 1 aliphatic heterocycles. The molecule has 3 atom stereocenters. The van der Waals surface area contributed by atoms with E-state index in [0.717, 1.165) is 24.2 Å². The highest BCUT2D eigenvalue weighted by Crippen LogP contribution is 2.51. The van der Waals surface area contributed by atoms with Gasteiger partial charge in [0.2, 0.25) is 0 Å². The molecule has 0 fully saturated rings. The fourth-order valence-electron chi connectivity index (χ4n) is 6.00. The predicted octanol–water partition coefficient (Wildman–Crippen LogP) is 6.39. The Hall–Kier alpha value is -3.53. The molecular weight excluding hydrogens is 406 g/mol. The van der Waals surface area contributed by atoms with Gasteiger partial charge >= 0.3 is 0 Å². The lowest BCUT2D eigenvalue weighted by Crippen LogP contribution is -2.32. The molecule has 4 aromatic rings. The van der Waals surface area contributed by atoms with E-state index in [2.05, 4.69) is 82.8 Å². The van der Waals surface area contributed by atoms with Crippen LogP contribution in [0, 0.1) is 5.92 Å². The molecule has 0 saturated carbocycles. The first-order chi connectivity index (χ1) is 16.2. The molecule has 0 bridgehead atoms. The summed E-state index contributed by atoms with van der Waals surface area (Å²) in [6.07, 6.45) is 5.68. The van der Waals surface area contributed by atoms with Crippen LogP contribution < -0.4 is 10.6 Å². The van der Waals surface area contributed by atoms with Crippen molar-refractivity contribution in [3.05, 3.63) is 89.5 Å². The Morgan fingerprint density at radius 1 is 1.03 bits per heavy atom. The second-order valence-corrected chi connectivity index (χ2v) is 9.14. The van der Waals surface area contributed by atoms with Gasteiger partial charge in [-0.1, -0.05) is 48.6 Å². The quantitative estimate of drug-likeness (QED) is 0.365. The Morgan fingerprint density at radius 2 is 1.88 bits per heavy atom. The molecule has 4 heteroatoms. The number of nitrogens with zero attached hydrogens (tertiary/aromatic N) is 1. The molecule has 0 radical (unpaired) electrons. The van der Waals surface area contributed by atoms with Gasteiger partial charge in [-0.05, 0) is 61.6 Å². The third-order valence-electron chi connectivity index (χ3n) is 7.45. The Balaban J connectivity index is 1.50. The van der Waals surface area contributed by atoms with Crippen LogP contribution in [0.4, 0.5) is 5.69 Å². The minimum Gasteiger partial charge on any atom is -0.377 e. The third kappa shape index (κ3) is 3.01. The van der Waals surface area contributed by atoms with Crippen molar-refractivity contribution in [2.75, 3.05) is 11.9 Å². The maximum Gasteiger partial charge on any atom is 0.253 e. The molecule has 4 nitrogen and oxygen atoms in total. The molecule has 1 amide bonds. The summed E-state index contributed by atoms with van der Waals surface area (Å²) in [6, 6.07) is 21.9. The number of rotatable bonds is 4. The molecule has 0 saturated heterocycles. The van der Waals surface area contributed by atoms with E-state index in [1.807, 2.05) is 19.1 Å². The highest BCUT2D eigenvalue weighted by molar-refractivity contribution is 6.08. The number of para-hydroxylation sites is 2. The topological polar surface area (TPSA) is 46.1 Å². The number of allylic oxidation sites excluding steroid dienone is 2. The van der Waals surface area contributed by atoms with Gasteiger partial charge in [0.05, 0.1) is 17.3 Å². The molecule has 1 aromatic heterocycles. The molecule has 6 rings (SSSR count). The normalized spacial score (nSPS) is 21.1. The van der Waals surface area contributed by atoms with Crippen molar-refractivity contribution in [1.29, 1.82) is 0 Å². The molecule has 2 aliphatic rings. The molecule has 3 aromatic carbocycles. The van der Waals surface area contributed by atoms with Gasteiger partial charge in [-0.15, -0.1) is 0 Å². The summed E-state index contributed by atoms with van der Waals surface area (Å²) in [5.41, 5.74) is 6.81. The van der Waals surface area contributed by atoms with Gasteiger partial charge in [0.1, 0.15) is 0 Å². The molecular formula is C29H29N3O. The van der Waals surface area contributed by atoms with Crippen LogP contribution in [0.25, 0.3) is 21.8 Å². The maximum absolute atomic E-state index is 12.8. The van der Waals surface area contributed by atoms with Gasteiger partial charge in [0.25, 0.3) is 5.91 Å². The van der Waals surface area contributed by atoms with Crippen LogP contribution in [0.1, 0.15) is 53.7 Å². The SMILES string of the molecule is CCNC(=O)c1cccc2c1NC(c1ccc3c(c1)c1ccccc1n3CC)C1CC=CC21. The Kier molecular flexibility index (Phi) is 4.75. The summed E-state index contributed by atoms with van der Waals surface area (Å²) < 4.78 is 2.39. The van der Waals surface area contributed by atoms with Crippen LogP contribution in [0.15, 0.2) is 72.8 Å². The van der Waals surface area contributed by atoms with Crippen molar-refractivity contribution in [2.45, 2.75) is 38.8 Å². The zero-order chi connectivity index (χ0) is 22.5. The maximum atomic E-state index is 12.8. The van der Waals surface area contributed by atoms with E-state index >= 15 is 0 Å². The molecule has 166 valence electrons. The lowest BCUT2D eigenvalue weighted by atomic mass is 9.76. The lowest BCUT2D eigenvalue weighted by Gasteiger charge is -2.38. The molecule has 1 aliphatic carbocycles. The van der Waals surface area contributed by atoms with Gasteiger partial charge in [-0.2, -0.15) is 0 Å². The van der Waals surface area contributed by atoms with Crippen LogP contribution >= 0.6 is 0 Å². The average molecular weight is 436 g/mol. The van der Waals surface area contributed by atoms with E-state index in [1.54, 1.807) is 0 Å². The third-order valence-corrected chi connectivity index (χ3v) is 7.45. The van der Waals surface area contributed by atoms with Gasteiger partial charge in [-0.3, -0.25) is 4.79 Å². The Labute approximate surface area is 194 Å². The number of carbonyl (C=O) groups is 1. The molecule has 2 heterocycles. The van der Waals surface area contributed by atoms with Crippen molar-refractivity contribution < 1.29 is 4.79 Å². The predicted molar refractivity (Wildman–Crippen MR) is 136 cm³/mol. The fraction of sp³-hybridized carbons (Fsp3) is 0.276. The van der Waals surface area contributed by atoms with Crippen LogP contribution in [0.2, 0.25) is 0 Å². The first kappa shape index (κ1) is 20.1. The Morgan fingerprint density at radius 3 is 2.73 bits per heavy atom. The molecule has 3 unspecified atom stereocenters. The first-order valence-corrected chi connectivity index (χ1v) is 12.1. The summed E-state index contributed by atoms with van der Waals surface area (Å²) in [6.45, 7) is 5.73. The lowest BCUT2D eigenvalue weighted by molar-refractivity contribution is 0.0956. The summed E-state index contributed by atoms with van der Waals surface area (Å²) in [4.78, 5) is 12.8. The summed E-state index contributed by atoms with van der Waals surface area (Å²) >= 11 is 0. The first-order valence-electron chi connectivity index (χ1n) is 12.1. The smallest absolute Gasteiger partial charge is 0.253 e. The minimum absolute atomic E-state index is 0.0116. The van der Waals surface area contributed by atoms with Crippen LogP contribution in [-0.4, -0.2) is 17.0 Å². The van der Waals surface area contributed by atoms with Gasteiger partial charge < -0.3 is 15.2 Å². The van der Waals surface area contributed by atoms with E-state index in [4.69, 9.17) is 0 Å². The average Bonchev–Trinajstić information content (AvgIpc) is 3.46. The van der Waals surface area contributed by atoms with Crippen molar-refractivity contribution in [3.8, 4) is 0 Å². The monoisotopic (exact) mass is 435 g/mol. The number of benzene rings is 3. The summed E-state index contributed by atoms with van der Waals surface area (Å²) in [7, 11) is 0. The van der Waals surface area contributed by atoms with Crippen LogP contribution in [-0.2, 0) is 6.54 Å². The number of nitrogens with one attached hydrogen (secondary N) is 2. The summed E-state index contributed by atoms with van der Waals surface area (Å²) in [5.74, 6) is 0.759. The largest absolute Gasteiger partial charge is 0.377 e. The second kappa shape index (κ2) is 7.80. The number of hydrogen-bond acceptors (Lipinski definition) is 2. The zero-order valence-corrected chi connectivity index (χ0v) is 19.1. The molecule has 33 heavy (non-hydrogen) atoms. The molecule has 2 N–H and O–H groups in total. The summed E-state index contributed by atoms with van der Waals surface area (Å²) in [5, 5.41) is 9.40. The van der Waals surface area contributed by atoms with Crippen molar-refractivity contribution >= 4 is 33.4 Å². The van der Waals surface area contributed by atoms with E-state index in [9.17, 15) is 4.79 Å². The van der Waals surface area contributed by atoms with Crippen molar-refractivity contribution in [2.24, 2.45) is 5.92 Å². The highest BCUT2D eigenvalue weighted by atomic mass is 16.1. The second-order valence-electron chi connectivity index (χ2n) is 9.14. The number of hydrogen-bond donors (Lipinski definition) is 2. The number of anilines is 1. The number of fused-ring (bicyclic) bond motifs is 6. The van der Waals surface area contributed by atoms with Crippen molar-refractivity contribution in [1.82, 2.24) is 9.88 Å². The van der Waals surface area contributed by atoms with Crippen molar-refractivity contribution in [3.63, 3.8) is 0 Å². The van der Waals surface area contributed by atoms with E-state index in [0.29, 0.717) is 18.4 Å². The number of carbonyl (C=O) groups excluding carboxylic acids is 1. The van der Waals surface area contributed by atoms with Gasteiger partial charge in [-0.25, -0.2) is 0 Å². The highest BCUT2D eigenvalue weighted by Gasteiger charge is 2.39. The number of aryl methyl sites for hydroxylation is 1. The molecule has 0 spiro atoms. The van der Waals surface area contributed by atoms with Crippen LogP contribution in [0.3, 0.4) is 0 Å². The van der Waals surface area contributed by atoms with Crippen LogP contribution in [0.5, 0.6) is 0 Å². The van der Waals surface area contributed by atoms with E-state index in [1.165, 1.54) is 32.9 Å². The number of amides is 1. The minimum atomic E-state index is -0.0116. The number of aromatic nitrogens is 1. The fourth-order valence-corrected chi connectivity index (χ4v) is 6.00. The van der Waals surface area contributed by atoms with Gasteiger partial charge in [0, 0.05) is 40.8 Å². The van der Waals surface area contributed by atoms with E-state index < -0.39 is 0 Å². The Bertz CT molecular complexity index is 1410. The van der Waals surface area contributed by atoms with E-state index in [-0.39, 0.29) is 11.9 Å². The zero-order valence-electron chi connectivity index (χ0n) is 19.1.